The number of halogens is 2. The summed E-state index contributed by atoms with van der Waals surface area (Å²) in [6.45, 7) is 2.41. The molecule has 4 aromatic carbocycles. The van der Waals surface area contributed by atoms with E-state index >= 15 is 0 Å². The zero-order valence-corrected chi connectivity index (χ0v) is 27.0. The number of ketones is 1. The van der Waals surface area contributed by atoms with E-state index in [0.29, 0.717) is 43.6 Å². The number of nitrogens with zero attached hydrogens (tertiary/aromatic N) is 3. The number of amides is 1. The number of carbonyl (C=O) groups is 2. The quantitative estimate of drug-likeness (QED) is 0.0550. The van der Waals surface area contributed by atoms with E-state index in [1.54, 1.807) is 48.5 Å². The number of rotatable bonds is 9. The van der Waals surface area contributed by atoms with Gasteiger partial charge >= 0.3 is 5.91 Å². The lowest BCUT2D eigenvalue weighted by atomic mass is 9.95. The first-order valence-corrected chi connectivity index (χ1v) is 16.4. The Morgan fingerprint density at radius 3 is 2.47 bits per heavy atom. The highest BCUT2D eigenvalue weighted by Gasteiger charge is 2.48. The van der Waals surface area contributed by atoms with Gasteiger partial charge in [-0.2, -0.15) is 0 Å². The van der Waals surface area contributed by atoms with Crippen LogP contribution in [0.2, 0.25) is 10.0 Å². The molecule has 0 saturated carbocycles. The summed E-state index contributed by atoms with van der Waals surface area (Å²) in [5.74, 6) is -0.773. The van der Waals surface area contributed by atoms with Crippen LogP contribution < -0.4 is 9.64 Å². The van der Waals surface area contributed by atoms with Crippen LogP contribution in [-0.4, -0.2) is 27.0 Å². The van der Waals surface area contributed by atoms with Gasteiger partial charge in [0, 0.05) is 21.4 Å². The average molecular weight is 675 g/mol. The number of aryl methyl sites for hydroxylation is 1. The molecule has 1 fully saturated rings. The van der Waals surface area contributed by atoms with Crippen molar-refractivity contribution in [1.82, 2.24) is 10.2 Å². The Hall–Kier alpha value is -4.15. The van der Waals surface area contributed by atoms with Gasteiger partial charge in [0.15, 0.2) is 4.34 Å². The fourth-order valence-corrected chi connectivity index (χ4v) is 7.38. The first kappa shape index (κ1) is 30.9. The Bertz CT molecular complexity index is 1910. The Morgan fingerprint density at radius 1 is 0.956 bits per heavy atom. The van der Waals surface area contributed by atoms with E-state index in [4.69, 9.17) is 27.9 Å². The van der Waals surface area contributed by atoms with Crippen LogP contribution in [0.3, 0.4) is 0 Å². The molecule has 0 aliphatic carbocycles. The van der Waals surface area contributed by atoms with Gasteiger partial charge in [0.05, 0.1) is 11.6 Å². The monoisotopic (exact) mass is 673 g/mol. The van der Waals surface area contributed by atoms with E-state index in [0.717, 1.165) is 16.7 Å². The summed E-state index contributed by atoms with van der Waals surface area (Å²) >= 11 is 14.9. The minimum atomic E-state index is -0.903. The maximum Gasteiger partial charge on any atom is 0.301 e. The molecular weight excluding hydrogens is 649 g/mol. The van der Waals surface area contributed by atoms with Gasteiger partial charge in [-0.3, -0.25) is 14.5 Å². The van der Waals surface area contributed by atoms with Crippen LogP contribution in [0.4, 0.5) is 5.13 Å². The van der Waals surface area contributed by atoms with E-state index in [9.17, 15) is 14.7 Å². The summed E-state index contributed by atoms with van der Waals surface area (Å²) in [6.07, 6.45) is 0. The van der Waals surface area contributed by atoms with E-state index in [2.05, 4.69) is 16.3 Å². The summed E-state index contributed by atoms with van der Waals surface area (Å²) in [7, 11) is 0. The molecule has 1 aliphatic rings. The van der Waals surface area contributed by atoms with Crippen molar-refractivity contribution >= 4 is 68.9 Å². The SMILES string of the molecule is Cc1cccc(COc2ccc(C(O)=C3C(=O)C(=O)N(c4nnc(SCc5ccc(Cl)cc5Cl)s4)C3c3ccccc3)cc2)c1. The molecule has 0 radical (unpaired) electrons. The zero-order valence-electron chi connectivity index (χ0n) is 23.8. The fourth-order valence-electron chi connectivity index (χ4n) is 4.95. The predicted molar refractivity (Wildman–Crippen MR) is 179 cm³/mol. The smallest absolute Gasteiger partial charge is 0.301 e. The van der Waals surface area contributed by atoms with Crippen LogP contribution in [0.15, 0.2) is 107 Å². The molecule has 1 saturated heterocycles. The minimum Gasteiger partial charge on any atom is -0.507 e. The third-order valence-corrected chi connectivity index (χ3v) is 9.84. The van der Waals surface area contributed by atoms with Gasteiger partial charge in [-0.25, -0.2) is 0 Å². The largest absolute Gasteiger partial charge is 0.507 e. The first-order chi connectivity index (χ1) is 21.8. The Morgan fingerprint density at radius 2 is 1.73 bits per heavy atom. The van der Waals surface area contributed by atoms with Crippen molar-refractivity contribution in [3.05, 3.63) is 140 Å². The van der Waals surface area contributed by atoms with Crippen LogP contribution >= 0.6 is 46.3 Å². The second kappa shape index (κ2) is 13.5. The third-order valence-electron chi connectivity index (χ3n) is 7.14. The van der Waals surface area contributed by atoms with Crippen LogP contribution in [-0.2, 0) is 21.9 Å². The summed E-state index contributed by atoms with van der Waals surface area (Å²) in [4.78, 5) is 28.3. The Kier molecular flexibility index (Phi) is 9.23. The van der Waals surface area contributed by atoms with E-state index in [1.807, 2.05) is 49.4 Å². The maximum absolute atomic E-state index is 13.5. The van der Waals surface area contributed by atoms with Gasteiger partial charge in [0.25, 0.3) is 5.78 Å². The molecule has 0 spiro atoms. The standard InChI is InChI=1S/C34H25Cl2N3O4S2/c1-20-6-5-7-21(16-20)18-43-26-14-11-23(12-15-26)30(40)28-29(22-8-3-2-4-9-22)39(32(42)31(28)41)33-37-38-34(45-33)44-19-24-10-13-25(35)17-27(24)36/h2-17,29,40H,18-19H2,1H3. The molecule has 2 heterocycles. The number of aliphatic hydroxyl groups excluding tert-OH is 1. The van der Waals surface area contributed by atoms with Gasteiger partial charge in [0.1, 0.15) is 18.1 Å². The molecule has 1 amide bonds. The van der Waals surface area contributed by atoms with Gasteiger partial charge in [-0.05, 0) is 60.0 Å². The lowest BCUT2D eigenvalue weighted by Crippen LogP contribution is -2.29. The van der Waals surface area contributed by atoms with Crippen molar-refractivity contribution in [1.29, 1.82) is 0 Å². The predicted octanol–water partition coefficient (Wildman–Crippen LogP) is 8.65. The molecule has 1 aromatic heterocycles. The minimum absolute atomic E-state index is 0.0306. The number of hydrogen-bond acceptors (Lipinski definition) is 8. The van der Waals surface area contributed by atoms with Crippen molar-refractivity contribution < 1.29 is 19.4 Å². The lowest BCUT2D eigenvalue weighted by molar-refractivity contribution is -0.132. The third kappa shape index (κ3) is 6.77. The van der Waals surface area contributed by atoms with Crippen molar-refractivity contribution in [2.45, 2.75) is 29.7 Å². The summed E-state index contributed by atoms with van der Waals surface area (Å²) < 4.78 is 6.51. The van der Waals surface area contributed by atoms with Crippen LogP contribution in [0.5, 0.6) is 5.75 Å². The van der Waals surface area contributed by atoms with E-state index in [1.165, 1.54) is 28.0 Å². The molecule has 5 aromatic rings. The number of aliphatic hydroxyl groups is 1. The number of anilines is 1. The van der Waals surface area contributed by atoms with Crippen molar-refractivity contribution in [3.63, 3.8) is 0 Å². The highest BCUT2D eigenvalue weighted by molar-refractivity contribution is 8.00. The number of Topliss-reactive ketones (excluding diaryl/α,β-unsaturated/α-hetero) is 1. The molecule has 1 aliphatic heterocycles. The van der Waals surface area contributed by atoms with Gasteiger partial charge in [-0.1, -0.05) is 113 Å². The number of ether oxygens (including phenoxy) is 1. The van der Waals surface area contributed by atoms with Crippen LogP contribution in [0.1, 0.15) is 33.9 Å². The van der Waals surface area contributed by atoms with Crippen LogP contribution in [0.25, 0.3) is 5.76 Å². The number of benzene rings is 4. The summed E-state index contributed by atoms with van der Waals surface area (Å²) in [6, 6.07) is 28.3. The van der Waals surface area contributed by atoms with E-state index in [-0.39, 0.29) is 16.5 Å². The van der Waals surface area contributed by atoms with Crippen molar-refractivity contribution in [2.24, 2.45) is 0 Å². The van der Waals surface area contributed by atoms with E-state index < -0.39 is 17.7 Å². The lowest BCUT2D eigenvalue weighted by Gasteiger charge is -2.22. The molecule has 1 unspecified atom stereocenters. The van der Waals surface area contributed by atoms with Gasteiger partial charge < -0.3 is 9.84 Å². The molecular formula is C34H25Cl2N3O4S2. The Balaban J connectivity index is 1.28. The average Bonchev–Trinajstić information content (AvgIpc) is 3.61. The summed E-state index contributed by atoms with van der Waals surface area (Å²) in [5, 5.41) is 21.3. The normalized spacial score (nSPS) is 15.9. The fraction of sp³-hybridized carbons (Fsp3) is 0.118. The topological polar surface area (TPSA) is 92.6 Å². The molecule has 226 valence electrons. The molecule has 1 atom stereocenters. The van der Waals surface area contributed by atoms with Gasteiger partial charge in [-0.15, -0.1) is 10.2 Å². The number of hydrogen-bond donors (Lipinski definition) is 1. The number of carbonyl (C=O) groups excluding carboxylic acids is 2. The highest BCUT2D eigenvalue weighted by Crippen LogP contribution is 2.44. The second-order valence-electron chi connectivity index (χ2n) is 10.3. The Labute approximate surface area is 278 Å². The molecule has 11 heteroatoms. The number of aromatic nitrogens is 2. The molecule has 1 N–H and O–H groups in total. The highest BCUT2D eigenvalue weighted by atomic mass is 35.5. The van der Waals surface area contributed by atoms with Crippen molar-refractivity contribution in [3.8, 4) is 5.75 Å². The molecule has 45 heavy (non-hydrogen) atoms. The second-order valence-corrected chi connectivity index (χ2v) is 13.3. The van der Waals surface area contributed by atoms with Crippen LogP contribution in [0, 0.1) is 6.92 Å². The molecule has 0 bridgehead atoms. The zero-order chi connectivity index (χ0) is 31.5. The maximum atomic E-state index is 13.5. The number of thioether (sulfide) groups is 1. The molecule has 6 rings (SSSR count). The van der Waals surface area contributed by atoms with Gasteiger partial charge in [0.2, 0.25) is 5.13 Å². The first-order valence-electron chi connectivity index (χ1n) is 13.8. The molecule has 7 nitrogen and oxygen atoms in total. The van der Waals surface area contributed by atoms with Crippen molar-refractivity contribution in [2.75, 3.05) is 4.90 Å². The summed E-state index contributed by atoms with van der Waals surface area (Å²) in [5.41, 5.74) is 4.05.